The summed E-state index contributed by atoms with van der Waals surface area (Å²) in [6.45, 7) is 0.917. The molecular formula is C12H20F3NO2. The third-order valence-corrected chi connectivity index (χ3v) is 3.08. The van der Waals surface area contributed by atoms with Crippen LogP contribution in [0.15, 0.2) is 0 Å². The van der Waals surface area contributed by atoms with Crippen LogP contribution in [0.4, 0.5) is 13.2 Å². The Balaban J connectivity index is 2.73. The van der Waals surface area contributed by atoms with Crippen LogP contribution in [-0.2, 0) is 9.53 Å². The number of alkyl halides is 3. The van der Waals surface area contributed by atoms with Gasteiger partial charge in [0.2, 0.25) is 0 Å². The van der Waals surface area contributed by atoms with Crippen molar-refractivity contribution in [3.05, 3.63) is 0 Å². The van der Waals surface area contributed by atoms with Gasteiger partial charge in [0.05, 0.1) is 13.7 Å². The minimum absolute atomic E-state index is 0.118. The van der Waals surface area contributed by atoms with Gasteiger partial charge in [0.1, 0.15) is 6.04 Å². The van der Waals surface area contributed by atoms with Gasteiger partial charge in [-0.05, 0) is 19.3 Å². The highest BCUT2D eigenvalue weighted by molar-refractivity contribution is 5.75. The SMILES string of the molecule is CCCCC(C(=O)OC)N(CC(F)(F)F)C1CC1. The van der Waals surface area contributed by atoms with Crippen LogP contribution in [0.2, 0.25) is 0 Å². The molecule has 0 spiro atoms. The smallest absolute Gasteiger partial charge is 0.401 e. The first-order chi connectivity index (χ1) is 8.39. The Morgan fingerprint density at radius 1 is 1.44 bits per heavy atom. The number of rotatable bonds is 7. The molecule has 0 heterocycles. The molecule has 1 fully saturated rings. The highest BCUT2D eigenvalue weighted by Crippen LogP contribution is 2.33. The van der Waals surface area contributed by atoms with Crippen molar-refractivity contribution >= 4 is 5.97 Å². The van der Waals surface area contributed by atoms with E-state index in [4.69, 9.17) is 0 Å². The van der Waals surface area contributed by atoms with E-state index in [2.05, 4.69) is 4.74 Å². The van der Waals surface area contributed by atoms with Crippen molar-refractivity contribution in [3.8, 4) is 0 Å². The molecule has 0 saturated heterocycles. The van der Waals surface area contributed by atoms with E-state index in [0.717, 1.165) is 25.7 Å². The van der Waals surface area contributed by atoms with Gasteiger partial charge in [-0.25, -0.2) is 0 Å². The zero-order valence-electron chi connectivity index (χ0n) is 10.8. The molecule has 1 aliphatic rings. The number of methoxy groups -OCH3 is 1. The van der Waals surface area contributed by atoms with E-state index < -0.39 is 24.7 Å². The van der Waals surface area contributed by atoms with Gasteiger partial charge in [-0.3, -0.25) is 9.69 Å². The molecule has 1 unspecified atom stereocenters. The summed E-state index contributed by atoms with van der Waals surface area (Å²) in [5.74, 6) is -0.556. The summed E-state index contributed by atoms with van der Waals surface area (Å²) < 4.78 is 42.3. The predicted octanol–water partition coefficient (Wildman–Crippen LogP) is 2.74. The molecule has 0 amide bonds. The maximum Gasteiger partial charge on any atom is 0.401 e. The van der Waals surface area contributed by atoms with E-state index in [1.54, 1.807) is 0 Å². The van der Waals surface area contributed by atoms with Crippen molar-refractivity contribution in [2.45, 2.75) is 57.3 Å². The number of halogens is 3. The van der Waals surface area contributed by atoms with E-state index in [1.165, 1.54) is 12.0 Å². The standard InChI is InChI=1S/C12H20F3NO2/c1-3-4-5-10(11(17)18-2)16(9-6-7-9)8-12(13,14)15/h9-10H,3-8H2,1-2H3. The Morgan fingerprint density at radius 2 is 2.06 bits per heavy atom. The first-order valence-corrected chi connectivity index (χ1v) is 6.29. The van der Waals surface area contributed by atoms with Crippen molar-refractivity contribution in [2.24, 2.45) is 0 Å². The predicted molar refractivity (Wildman–Crippen MR) is 61.1 cm³/mol. The van der Waals surface area contributed by atoms with Crippen molar-refractivity contribution in [1.29, 1.82) is 0 Å². The van der Waals surface area contributed by atoms with Crippen LogP contribution in [0.25, 0.3) is 0 Å². The Bertz CT molecular complexity index is 277. The number of hydrogen-bond donors (Lipinski definition) is 0. The summed E-state index contributed by atoms with van der Waals surface area (Å²) in [5.41, 5.74) is 0. The highest BCUT2D eigenvalue weighted by Gasteiger charge is 2.43. The van der Waals surface area contributed by atoms with E-state index in [0.29, 0.717) is 6.42 Å². The maximum absolute atomic E-state index is 12.5. The molecule has 0 aliphatic heterocycles. The molecule has 6 heteroatoms. The Kier molecular flexibility index (Phi) is 5.44. The lowest BCUT2D eigenvalue weighted by atomic mass is 10.1. The van der Waals surface area contributed by atoms with Crippen LogP contribution in [0.1, 0.15) is 39.0 Å². The van der Waals surface area contributed by atoms with Crippen molar-refractivity contribution in [1.82, 2.24) is 4.90 Å². The van der Waals surface area contributed by atoms with Gasteiger partial charge in [0, 0.05) is 6.04 Å². The molecule has 0 bridgehead atoms. The van der Waals surface area contributed by atoms with Crippen LogP contribution in [-0.4, -0.2) is 42.8 Å². The van der Waals surface area contributed by atoms with E-state index in [1.807, 2.05) is 6.92 Å². The molecule has 0 radical (unpaired) electrons. The van der Waals surface area contributed by atoms with Gasteiger partial charge in [-0.15, -0.1) is 0 Å². The third-order valence-electron chi connectivity index (χ3n) is 3.08. The quantitative estimate of drug-likeness (QED) is 0.664. The second-order valence-corrected chi connectivity index (χ2v) is 4.70. The minimum atomic E-state index is -4.28. The van der Waals surface area contributed by atoms with Crippen molar-refractivity contribution in [3.63, 3.8) is 0 Å². The Morgan fingerprint density at radius 3 is 2.44 bits per heavy atom. The molecule has 0 aromatic carbocycles. The van der Waals surface area contributed by atoms with E-state index in [9.17, 15) is 18.0 Å². The molecular weight excluding hydrogens is 247 g/mol. The summed E-state index contributed by atoms with van der Waals surface area (Å²) in [6, 6.07) is -0.878. The topological polar surface area (TPSA) is 29.5 Å². The Hall–Kier alpha value is -0.780. The van der Waals surface area contributed by atoms with Crippen LogP contribution < -0.4 is 0 Å². The largest absolute Gasteiger partial charge is 0.468 e. The fraction of sp³-hybridized carbons (Fsp3) is 0.917. The number of hydrogen-bond acceptors (Lipinski definition) is 3. The lowest BCUT2D eigenvalue weighted by molar-refractivity contribution is -0.165. The van der Waals surface area contributed by atoms with E-state index >= 15 is 0 Å². The van der Waals surface area contributed by atoms with Gasteiger partial charge in [-0.2, -0.15) is 13.2 Å². The van der Waals surface area contributed by atoms with Gasteiger partial charge in [0.25, 0.3) is 0 Å². The zero-order valence-corrected chi connectivity index (χ0v) is 10.8. The first-order valence-electron chi connectivity index (χ1n) is 6.29. The average Bonchev–Trinajstić information content (AvgIpc) is 3.09. The molecule has 0 aromatic rings. The van der Waals surface area contributed by atoms with Crippen LogP contribution in [0.5, 0.6) is 0 Å². The van der Waals surface area contributed by atoms with E-state index in [-0.39, 0.29) is 6.04 Å². The van der Waals surface area contributed by atoms with Gasteiger partial charge < -0.3 is 4.74 Å². The molecule has 1 rings (SSSR count). The normalized spacial score (nSPS) is 17.9. The minimum Gasteiger partial charge on any atom is -0.468 e. The highest BCUT2D eigenvalue weighted by atomic mass is 19.4. The van der Waals surface area contributed by atoms with Crippen molar-refractivity contribution < 1.29 is 22.7 Å². The summed E-state index contributed by atoms with van der Waals surface area (Å²) in [5, 5.41) is 0. The molecule has 1 aliphatic carbocycles. The third kappa shape index (κ3) is 4.84. The molecule has 18 heavy (non-hydrogen) atoms. The fourth-order valence-corrected chi connectivity index (χ4v) is 2.06. The molecule has 3 nitrogen and oxygen atoms in total. The van der Waals surface area contributed by atoms with Crippen LogP contribution in [0.3, 0.4) is 0 Å². The summed E-state index contributed by atoms with van der Waals surface area (Å²) in [4.78, 5) is 12.9. The lowest BCUT2D eigenvalue weighted by Crippen LogP contribution is -2.47. The first kappa shape index (κ1) is 15.3. The number of carbonyl (C=O) groups is 1. The fourth-order valence-electron chi connectivity index (χ4n) is 2.06. The second-order valence-electron chi connectivity index (χ2n) is 4.70. The van der Waals surface area contributed by atoms with Crippen LogP contribution >= 0.6 is 0 Å². The number of esters is 1. The number of unbranched alkanes of at least 4 members (excludes halogenated alkanes) is 1. The lowest BCUT2D eigenvalue weighted by Gasteiger charge is -2.30. The monoisotopic (exact) mass is 267 g/mol. The maximum atomic E-state index is 12.5. The number of carbonyl (C=O) groups excluding carboxylic acids is 1. The molecule has 0 N–H and O–H groups in total. The summed E-state index contributed by atoms with van der Waals surface area (Å²) in [6.07, 6.45) is -0.818. The van der Waals surface area contributed by atoms with Crippen molar-refractivity contribution in [2.75, 3.05) is 13.7 Å². The van der Waals surface area contributed by atoms with Gasteiger partial charge in [0.15, 0.2) is 0 Å². The number of nitrogens with zero attached hydrogens (tertiary/aromatic N) is 1. The zero-order chi connectivity index (χ0) is 13.8. The summed E-state index contributed by atoms with van der Waals surface area (Å²) in [7, 11) is 1.22. The summed E-state index contributed by atoms with van der Waals surface area (Å²) >= 11 is 0. The van der Waals surface area contributed by atoms with Gasteiger partial charge >= 0.3 is 12.1 Å². The number of ether oxygens (including phenoxy) is 1. The second kappa shape index (κ2) is 6.41. The molecule has 1 atom stereocenters. The average molecular weight is 267 g/mol. The van der Waals surface area contributed by atoms with Crippen LogP contribution in [0, 0.1) is 0 Å². The van der Waals surface area contributed by atoms with Gasteiger partial charge in [-0.1, -0.05) is 19.8 Å². The Labute approximate surface area is 105 Å². The molecule has 106 valence electrons. The molecule has 1 saturated carbocycles. The molecule has 0 aromatic heterocycles.